The Hall–Kier alpha value is -1.78. The van der Waals surface area contributed by atoms with Crippen molar-refractivity contribution in [1.82, 2.24) is 10.3 Å². The minimum Gasteiger partial charge on any atom is -0.493 e. The number of methoxy groups -OCH3 is 2. The fraction of sp³-hybridized carbons (Fsp3) is 0.312. The second kappa shape index (κ2) is 7.29. The van der Waals surface area contributed by atoms with E-state index < -0.39 is 0 Å². The molecule has 0 aliphatic heterocycles. The van der Waals surface area contributed by atoms with Gasteiger partial charge in [-0.3, -0.25) is 4.98 Å². The molecule has 4 nitrogen and oxygen atoms in total. The molecule has 0 bridgehead atoms. The van der Waals surface area contributed by atoms with E-state index in [-0.39, 0.29) is 6.04 Å². The van der Waals surface area contributed by atoms with Crippen molar-refractivity contribution in [1.29, 1.82) is 0 Å². The zero-order chi connectivity index (χ0) is 15.2. The van der Waals surface area contributed by atoms with Crippen LogP contribution in [0.5, 0.6) is 11.5 Å². The molecule has 1 aromatic carbocycles. The number of ether oxygens (including phenoxy) is 2. The molecule has 0 spiro atoms. The molecule has 5 heteroatoms. The molecule has 21 heavy (non-hydrogen) atoms. The Morgan fingerprint density at radius 1 is 1.24 bits per heavy atom. The number of nitrogens with one attached hydrogen (secondary N) is 1. The first kappa shape index (κ1) is 15.6. The number of pyridine rings is 1. The van der Waals surface area contributed by atoms with Crippen molar-refractivity contribution < 1.29 is 9.47 Å². The summed E-state index contributed by atoms with van der Waals surface area (Å²) in [5.74, 6) is 1.27. The molecule has 1 unspecified atom stereocenters. The van der Waals surface area contributed by atoms with Crippen LogP contribution in [-0.2, 0) is 0 Å². The maximum absolute atomic E-state index is 6.42. The van der Waals surface area contributed by atoms with E-state index in [4.69, 9.17) is 21.1 Å². The highest BCUT2D eigenvalue weighted by Crippen LogP contribution is 2.37. The predicted molar refractivity (Wildman–Crippen MR) is 84.3 cm³/mol. The Kier molecular flexibility index (Phi) is 5.42. The number of hydrogen-bond donors (Lipinski definition) is 1. The standard InChI is InChI=1S/C16H19ClN2O2/c1-4-19-16(11-6-5-7-18-10-11)12-8-14(20-2)15(21-3)9-13(12)17/h5-10,16,19H,4H2,1-3H3. The minimum absolute atomic E-state index is 0.0454. The van der Waals surface area contributed by atoms with Gasteiger partial charge in [0.15, 0.2) is 11.5 Å². The molecule has 1 atom stereocenters. The average Bonchev–Trinajstić information content (AvgIpc) is 2.53. The number of halogens is 1. The third-order valence-electron chi connectivity index (χ3n) is 3.24. The summed E-state index contributed by atoms with van der Waals surface area (Å²) in [6.45, 7) is 2.86. The van der Waals surface area contributed by atoms with Crippen molar-refractivity contribution in [2.24, 2.45) is 0 Å². The van der Waals surface area contributed by atoms with E-state index in [2.05, 4.69) is 17.2 Å². The second-order valence-corrected chi connectivity index (χ2v) is 4.91. The highest BCUT2D eigenvalue weighted by Gasteiger charge is 2.19. The van der Waals surface area contributed by atoms with Crippen molar-refractivity contribution >= 4 is 11.6 Å². The second-order valence-electron chi connectivity index (χ2n) is 4.51. The third kappa shape index (κ3) is 3.46. The lowest BCUT2D eigenvalue weighted by Crippen LogP contribution is -2.22. The van der Waals surface area contributed by atoms with Gasteiger partial charge in [-0.2, -0.15) is 0 Å². The van der Waals surface area contributed by atoms with Crippen molar-refractivity contribution in [3.63, 3.8) is 0 Å². The predicted octanol–water partition coefficient (Wildman–Crippen LogP) is 3.45. The van der Waals surface area contributed by atoms with Gasteiger partial charge in [-0.1, -0.05) is 24.6 Å². The zero-order valence-electron chi connectivity index (χ0n) is 12.4. The van der Waals surface area contributed by atoms with Gasteiger partial charge in [0, 0.05) is 23.5 Å². The Morgan fingerprint density at radius 3 is 2.52 bits per heavy atom. The summed E-state index contributed by atoms with van der Waals surface area (Å²) < 4.78 is 10.6. The monoisotopic (exact) mass is 306 g/mol. The SMILES string of the molecule is CCNC(c1cccnc1)c1cc(OC)c(OC)cc1Cl. The summed E-state index contributed by atoms with van der Waals surface area (Å²) in [6, 6.07) is 7.57. The van der Waals surface area contributed by atoms with Crippen LogP contribution in [0, 0.1) is 0 Å². The lowest BCUT2D eigenvalue weighted by Gasteiger charge is -2.21. The molecule has 0 aliphatic carbocycles. The molecule has 0 saturated carbocycles. The van der Waals surface area contributed by atoms with Gasteiger partial charge >= 0.3 is 0 Å². The normalized spacial score (nSPS) is 12.0. The van der Waals surface area contributed by atoms with Crippen LogP contribution in [0.4, 0.5) is 0 Å². The van der Waals surface area contributed by atoms with E-state index in [1.54, 1.807) is 26.5 Å². The molecule has 2 rings (SSSR count). The van der Waals surface area contributed by atoms with Crippen LogP contribution in [0.2, 0.25) is 5.02 Å². The van der Waals surface area contributed by atoms with Gasteiger partial charge in [-0.05, 0) is 29.8 Å². The van der Waals surface area contributed by atoms with Crippen LogP contribution in [0.1, 0.15) is 24.1 Å². The number of aromatic nitrogens is 1. The lowest BCUT2D eigenvalue weighted by molar-refractivity contribution is 0.354. The van der Waals surface area contributed by atoms with Crippen LogP contribution in [0.25, 0.3) is 0 Å². The maximum atomic E-state index is 6.42. The molecular formula is C16H19ClN2O2. The number of rotatable bonds is 6. The van der Waals surface area contributed by atoms with E-state index >= 15 is 0 Å². The topological polar surface area (TPSA) is 43.4 Å². The number of hydrogen-bond acceptors (Lipinski definition) is 4. The van der Waals surface area contributed by atoms with Crippen LogP contribution in [0.15, 0.2) is 36.7 Å². The van der Waals surface area contributed by atoms with Gasteiger partial charge < -0.3 is 14.8 Å². The molecule has 1 N–H and O–H groups in total. The molecule has 0 saturated heterocycles. The molecular weight excluding hydrogens is 288 g/mol. The number of benzene rings is 1. The van der Waals surface area contributed by atoms with Crippen LogP contribution in [-0.4, -0.2) is 25.7 Å². The molecule has 112 valence electrons. The van der Waals surface area contributed by atoms with Crippen LogP contribution < -0.4 is 14.8 Å². The van der Waals surface area contributed by atoms with Gasteiger partial charge in [0.05, 0.1) is 20.3 Å². The smallest absolute Gasteiger partial charge is 0.162 e. The summed E-state index contributed by atoms with van der Waals surface area (Å²) in [5.41, 5.74) is 1.98. The molecule has 1 heterocycles. The maximum Gasteiger partial charge on any atom is 0.162 e. The van der Waals surface area contributed by atoms with Gasteiger partial charge in [0.2, 0.25) is 0 Å². The van der Waals surface area contributed by atoms with E-state index in [0.29, 0.717) is 16.5 Å². The highest BCUT2D eigenvalue weighted by molar-refractivity contribution is 6.31. The zero-order valence-corrected chi connectivity index (χ0v) is 13.1. The molecule has 0 aliphatic rings. The minimum atomic E-state index is -0.0454. The summed E-state index contributed by atoms with van der Waals surface area (Å²) in [7, 11) is 3.21. The van der Waals surface area contributed by atoms with Gasteiger partial charge in [-0.25, -0.2) is 0 Å². The van der Waals surface area contributed by atoms with Crippen molar-refractivity contribution in [3.05, 3.63) is 52.8 Å². The van der Waals surface area contributed by atoms with Gasteiger partial charge in [0.1, 0.15) is 0 Å². The molecule has 1 aromatic heterocycles. The van der Waals surface area contributed by atoms with Crippen LogP contribution in [0.3, 0.4) is 0 Å². The number of nitrogens with zero attached hydrogens (tertiary/aromatic N) is 1. The molecule has 0 fully saturated rings. The molecule has 0 amide bonds. The van der Waals surface area contributed by atoms with Crippen LogP contribution >= 0.6 is 11.6 Å². The summed E-state index contributed by atoms with van der Waals surface area (Å²) >= 11 is 6.42. The van der Waals surface area contributed by atoms with Gasteiger partial charge in [0.25, 0.3) is 0 Å². The molecule has 2 aromatic rings. The summed E-state index contributed by atoms with van der Waals surface area (Å²) in [5, 5.41) is 4.05. The highest BCUT2D eigenvalue weighted by atomic mass is 35.5. The first-order valence-corrected chi connectivity index (χ1v) is 7.13. The van der Waals surface area contributed by atoms with Crippen molar-refractivity contribution in [2.75, 3.05) is 20.8 Å². The third-order valence-corrected chi connectivity index (χ3v) is 3.57. The summed E-state index contributed by atoms with van der Waals surface area (Å²) in [6.07, 6.45) is 3.59. The first-order chi connectivity index (χ1) is 10.2. The first-order valence-electron chi connectivity index (χ1n) is 6.76. The fourth-order valence-electron chi connectivity index (χ4n) is 2.25. The molecule has 0 radical (unpaired) electrons. The van der Waals surface area contributed by atoms with E-state index in [0.717, 1.165) is 17.7 Å². The van der Waals surface area contributed by atoms with Crippen molar-refractivity contribution in [3.8, 4) is 11.5 Å². The largest absolute Gasteiger partial charge is 0.493 e. The van der Waals surface area contributed by atoms with E-state index in [9.17, 15) is 0 Å². The van der Waals surface area contributed by atoms with Gasteiger partial charge in [-0.15, -0.1) is 0 Å². The fourth-order valence-corrected chi connectivity index (χ4v) is 2.51. The summed E-state index contributed by atoms with van der Waals surface area (Å²) in [4.78, 5) is 4.18. The average molecular weight is 307 g/mol. The Bertz CT molecular complexity index is 590. The lowest BCUT2D eigenvalue weighted by atomic mass is 9.99. The van der Waals surface area contributed by atoms with E-state index in [1.165, 1.54) is 0 Å². The Labute approximate surface area is 130 Å². The Balaban J connectivity index is 2.50. The van der Waals surface area contributed by atoms with Crippen molar-refractivity contribution in [2.45, 2.75) is 13.0 Å². The Morgan fingerprint density at radius 2 is 1.95 bits per heavy atom. The van der Waals surface area contributed by atoms with E-state index in [1.807, 2.05) is 24.4 Å². The quantitative estimate of drug-likeness (QED) is 0.887.